The van der Waals surface area contributed by atoms with Gasteiger partial charge in [-0.05, 0) is 37.5 Å². The molecule has 1 aliphatic carbocycles. The minimum absolute atomic E-state index is 0.0895. The highest BCUT2D eigenvalue weighted by molar-refractivity contribution is 6.30. The van der Waals surface area contributed by atoms with Crippen molar-refractivity contribution >= 4 is 23.2 Å². The number of nitrogens with one attached hydrogen (secondary N) is 1. The zero-order valence-electron chi connectivity index (χ0n) is 8.95. The molecule has 1 amide bonds. The third-order valence-corrected chi connectivity index (χ3v) is 2.97. The first-order valence-corrected chi connectivity index (χ1v) is 5.85. The van der Waals surface area contributed by atoms with Gasteiger partial charge in [-0.15, -0.1) is 0 Å². The van der Waals surface area contributed by atoms with Gasteiger partial charge in [0.1, 0.15) is 0 Å². The summed E-state index contributed by atoms with van der Waals surface area (Å²) >= 11 is 5.85. The number of hydrogen-bond donors (Lipinski definition) is 1. The van der Waals surface area contributed by atoms with E-state index in [1.54, 1.807) is 12.1 Å². The molecular weight excluding hydrogens is 222 g/mol. The van der Waals surface area contributed by atoms with Crippen LogP contribution in [-0.2, 0) is 4.79 Å². The predicted molar refractivity (Wildman–Crippen MR) is 66.6 cm³/mol. The fraction of sp³-hybridized carbons (Fsp3) is 0.308. The Kier molecular flexibility index (Phi) is 3.62. The number of allylic oxidation sites excluding steroid dienone is 2. The van der Waals surface area contributed by atoms with E-state index in [0.717, 1.165) is 24.9 Å². The lowest BCUT2D eigenvalue weighted by molar-refractivity contribution is -0.120. The molecule has 1 atom stereocenters. The van der Waals surface area contributed by atoms with E-state index >= 15 is 0 Å². The molecule has 2 rings (SSSR count). The van der Waals surface area contributed by atoms with Gasteiger partial charge in [-0.1, -0.05) is 29.8 Å². The summed E-state index contributed by atoms with van der Waals surface area (Å²) in [6.07, 6.45) is 6.97. The van der Waals surface area contributed by atoms with E-state index in [2.05, 4.69) is 17.5 Å². The van der Waals surface area contributed by atoms with E-state index in [4.69, 9.17) is 11.6 Å². The van der Waals surface area contributed by atoms with Crippen molar-refractivity contribution in [3.8, 4) is 0 Å². The molecule has 0 saturated carbocycles. The highest BCUT2D eigenvalue weighted by Crippen LogP contribution is 2.21. The topological polar surface area (TPSA) is 29.1 Å². The van der Waals surface area contributed by atoms with Gasteiger partial charge in [0.2, 0.25) is 5.91 Å². The fourth-order valence-electron chi connectivity index (χ4n) is 1.84. The van der Waals surface area contributed by atoms with E-state index < -0.39 is 0 Å². The zero-order valence-corrected chi connectivity index (χ0v) is 9.70. The number of carbonyl (C=O) groups is 1. The van der Waals surface area contributed by atoms with Crippen LogP contribution in [0.15, 0.2) is 36.4 Å². The second-order valence-corrected chi connectivity index (χ2v) is 4.42. The Morgan fingerprint density at radius 2 is 2.25 bits per heavy atom. The normalized spacial score (nSPS) is 19.4. The number of anilines is 1. The minimum atomic E-state index is 0.0895. The largest absolute Gasteiger partial charge is 0.326 e. The monoisotopic (exact) mass is 235 g/mol. The molecule has 0 fully saturated rings. The molecule has 16 heavy (non-hydrogen) atoms. The molecule has 84 valence electrons. The molecule has 1 aromatic rings. The zero-order chi connectivity index (χ0) is 11.4. The molecular formula is C13H14ClNO. The lowest BCUT2D eigenvalue weighted by Crippen LogP contribution is -2.23. The summed E-state index contributed by atoms with van der Waals surface area (Å²) in [7, 11) is 0. The lowest BCUT2D eigenvalue weighted by atomic mass is 9.93. The van der Waals surface area contributed by atoms with Crippen LogP contribution in [0.1, 0.15) is 19.3 Å². The van der Waals surface area contributed by atoms with Crippen molar-refractivity contribution in [1.82, 2.24) is 0 Å². The van der Waals surface area contributed by atoms with E-state index in [0.29, 0.717) is 5.02 Å². The van der Waals surface area contributed by atoms with Crippen molar-refractivity contribution < 1.29 is 4.79 Å². The van der Waals surface area contributed by atoms with Gasteiger partial charge < -0.3 is 5.32 Å². The van der Waals surface area contributed by atoms with Gasteiger partial charge in [-0.25, -0.2) is 0 Å². The summed E-state index contributed by atoms with van der Waals surface area (Å²) in [4.78, 5) is 11.9. The first-order valence-electron chi connectivity index (χ1n) is 5.47. The van der Waals surface area contributed by atoms with Crippen molar-refractivity contribution in [2.45, 2.75) is 19.3 Å². The summed E-state index contributed by atoms with van der Waals surface area (Å²) in [5, 5.41) is 3.54. The number of hydrogen-bond acceptors (Lipinski definition) is 1. The summed E-state index contributed by atoms with van der Waals surface area (Å²) in [5.74, 6) is 0.190. The number of benzene rings is 1. The molecule has 1 N–H and O–H groups in total. The van der Waals surface area contributed by atoms with E-state index in [1.165, 1.54) is 0 Å². The second-order valence-electron chi connectivity index (χ2n) is 3.98. The van der Waals surface area contributed by atoms with Gasteiger partial charge in [0.05, 0.1) is 0 Å². The highest BCUT2D eigenvalue weighted by atomic mass is 35.5. The Morgan fingerprint density at radius 3 is 2.94 bits per heavy atom. The Labute approximate surface area is 100 Å². The lowest BCUT2D eigenvalue weighted by Gasteiger charge is -2.17. The Morgan fingerprint density at radius 1 is 1.38 bits per heavy atom. The number of carbonyl (C=O) groups excluding carboxylic acids is 1. The van der Waals surface area contributed by atoms with Crippen LogP contribution in [0, 0.1) is 5.92 Å². The molecule has 0 aromatic heterocycles. The molecule has 0 saturated heterocycles. The summed E-state index contributed by atoms with van der Waals surface area (Å²) in [6.45, 7) is 0. The standard InChI is InChI=1S/C13H14ClNO/c14-11-7-4-8-12(9-11)15-13(16)10-5-2-1-3-6-10/h1-2,4,7-10H,3,5-6H2,(H,15,16). The average Bonchev–Trinajstić information content (AvgIpc) is 2.30. The maximum Gasteiger partial charge on any atom is 0.227 e. The highest BCUT2D eigenvalue weighted by Gasteiger charge is 2.18. The minimum Gasteiger partial charge on any atom is -0.326 e. The van der Waals surface area contributed by atoms with Gasteiger partial charge >= 0.3 is 0 Å². The second kappa shape index (κ2) is 5.17. The van der Waals surface area contributed by atoms with Crippen molar-refractivity contribution in [3.63, 3.8) is 0 Å². The molecule has 0 radical (unpaired) electrons. The van der Waals surface area contributed by atoms with E-state index in [9.17, 15) is 4.79 Å². The first-order chi connectivity index (χ1) is 7.75. The average molecular weight is 236 g/mol. The van der Waals surface area contributed by atoms with Gasteiger partial charge in [-0.2, -0.15) is 0 Å². The molecule has 0 spiro atoms. The van der Waals surface area contributed by atoms with Crippen LogP contribution in [0.25, 0.3) is 0 Å². The Hall–Kier alpha value is -1.28. The molecule has 3 heteroatoms. The summed E-state index contributed by atoms with van der Waals surface area (Å²) in [6, 6.07) is 7.24. The van der Waals surface area contributed by atoms with Crippen molar-refractivity contribution in [1.29, 1.82) is 0 Å². The maximum atomic E-state index is 11.9. The van der Waals surface area contributed by atoms with Gasteiger partial charge in [0, 0.05) is 16.6 Å². The SMILES string of the molecule is O=C(Nc1cccc(Cl)c1)C1CC=CCC1. The van der Waals surface area contributed by atoms with E-state index in [-0.39, 0.29) is 11.8 Å². The number of rotatable bonds is 2. The van der Waals surface area contributed by atoms with E-state index in [1.807, 2.05) is 12.1 Å². The van der Waals surface area contributed by atoms with Crippen LogP contribution in [0.2, 0.25) is 5.02 Å². The van der Waals surface area contributed by atoms with Crippen LogP contribution >= 0.6 is 11.6 Å². The summed E-state index contributed by atoms with van der Waals surface area (Å²) < 4.78 is 0. The molecule has 1 aliphatic rings. The smallest absolute Gasteiger partial charge is 0.227 e. The van der Waals surface area contributed by atoms with Crippen LogP contribution in [-0.4, -0.2) is 5.91 Å². The first kappa shape index (κ1) is 11.2. The van der Waals surface area contributed by atoms with Gasteiger partial charge in [0.25, 0.3) is 0 Å². The van der Waals surface area contributed by atoms with Crippen molar-refractivity contribution in [3.05, 3.63) is 41.4 Å². The van der Waals surface area contributed by atoms with Crippen LogP contribution < -0.4 is 5.32 Å². The van der Waals surface area contributed by atoms with Crippen molar-refractivity contribution in [2.24, 2.45) is 5.92 Å². The fourth-order valence-corrected chi connectivity index (χ4v) is 2.03. The third-order valence-electron chi connectivity index (χ3n) is 2.73. The third kappa shape index (κ3) is 2.86. The quantitative estimate of drug-likeness (QED) is 0.780. The van der Waals surface area contributed by atoms with Crippen molar-refractivity contribution in [2.75, 3.05) is 5.32 Å². The molecule has 1 aromatic carbocycles. The molecule has 1 unspecified atom stereocenters. The maximum absolute atomic E-state index is 11.9. The Bertz CT molecular complexity index is 414. The van der Waals surface area contributed by atoms with Gasteiger partial charge in [-0.3, -0.25) is 4.79 Å². The number of amides is 1. The van der Waals surface area contributed by atoms with Crippen LogP contribution in [0.5, 0.6) is 0 Å². The van der Waals surface area contributed by atoms with Crippen LogP contribution in [0.3, 0.4) is 0 Å². The predicted octanol–water partition coefficient (Wildman–Crippen LogP) is 3.63. The molecule has 0 bridgehead atoms. The molecule has 0 aliphatic heterocycles. The van der Waals surface area contributed by atoms with Gasteiger partial charge in [0.15, 0.2) is 0 Å². The summed E-state index contributed by atoms with van der Waals surface area (Å²) in [5.41, 5.74) is 0.770. The molecule has 2 nitrogen and oxygen atoms in total. The number of halogens is 1. The Balaban J connectivity index is 1.99. The van der Waals surface area contributed by atoms with Crippen LogP contribution in [0.4, 0.5) is 5.69 Å². The molecule has 0 heterocycles.